The second-order valence-electron chi connectivity index (χ2n) is 3.28. The molecule has 1 rings (SSSR count). The molecule has 1 aromatic rings. The Morgan fingerprint density at radius 1 is 1.60 bits per heavy atom. The molecule has 0 radical (unpaired) electrons. The van der Waals surface area contributed by atoms with Gasteiger partial charge in [0.2, 0.25) is 0 Å². The molecule has 4 N–H and O–H groups in total. The van der Waals surface area contributed by atoms with Crippen molar-refractivity contribution in [2.45, 2.75) is 12.1 Å². The maximum atomic E-state index is 13.5. The van der Waals surface area contributed by atoms with Crippen molar-refractivity contribution < 1.29 is 9.50 Å². The van der Waals surface area contributed by atoms with Crippen LogP contribution in [0.3, 0.4) is 0 Å². The van der Waals surface area contributed by atoms with E-state index in [4.69, 9.17) is 10.8 Å². The van der Waals surface area contributed by atoms with E-state index >= 15 is 0 Å². The van der Waals surface area contributed by atoms with Crippen LogP contribution in [0.15, 0.2) is 22.7 Å². The van der Waals surface area contributed by atoms with E-state index in [9.17, 15) is 4.39 Å². The van der Waals surface area contributed by atoms with Crippen molar-refractivity contribution in [3.05, 3.63) is 34.1 Å². The summed E-state index contributed by atoms with van der Waals surface area (Å²) in [5.74, 6) is -0.332. The summed E-state index contributed by atoms with van der Waals surface area (Å²) in [5.41, 5.74) is 6.14. The van der Waals surface area contributed by atoms with E-state index in [1.54, 1.807) is 19.2 Å². The lowest BCUT2D eigenvalue weighted by Gasteiger charge is -2.22. The predicted molar refractivity (Wildman–Crippen MR) is 61.0 cm³/mol. The summed E-state index contributed by atoms with van der Waals surface area (Å²) >= 11 is 3.27. The van der Waals surface area contributed by atoms with Gasteiger partial charge in [-0.1, -0.05) is 15.9 Å². The molecule has 0 spiro atoms. The van der Waals surface area contributed by atoms with Gasteiger partial charge in [0.1, 0.15) is 5.82 Å². The largest absolute Gasteiger partial charge is 0.395 e. The molecule has 0 bridgehead atoms. The first-order valence-electron chi connectivity index (χ1n) is 4.58. The Balaban J connectivity index is 3.05. The number of hydrogen-bond acceptors (Lipinski definition) is 3. The zero-order chi connectivity index (χ0) is 11.4. The summed E-state index contributed by atoms with van der Waals surface area (Å²) in [6, 6.07) is 3.72. The third-order valence-electron chi connectivity index (χ3n) is 2.24. The molecule has 0 saturated carbocycles. The van der Waals surface area contributed by atoms with E-state index in [1.807, 2.05) is 0 Å². The van der Waals surface area contributed by atoms with Gasteiger partial charge in [0.25, 0.3) is 0 Å². The molecule has 0 aliphatic heterocycles. The highest BCUT2D eigenvalue weighted by molar-refractivity contribution is 9.10. The molecule has 3 nitrogen and oxygen atoms in total. The first-order chi connectivity index (χ1) is 7.10. The van der Waals surface area contributed by atoms with Gasteiger partial charge in [0, 0.05) is 16.1 Å². The molecule has 2 unspecified atom stereocenters. The molecule has 0 heterocycles. The number of halogens is 2. The number of hydrogen-bond donors (Lipinski definition) is 3. The highest BCUT2D eigenvalue weighted by atomic mass is 79.9. The summed E-state index contributed by atoms with van der Waals surface area (Å²) in [6.07, 6.45) is 0. The van der Waals surface area contributed by atoms with Crippen molar-refractivity contribution in [3.63, 3.8) is 0 Å². The number of aliphatic hydroxyl groups is 1. The van der Waals surface area contributed by atoms with Gasteiger partial charge in [0.05, 0.1) is 12.6 Å². The van der Waals surface area contributed by atoms with E-state index in [2.05, 4.69) is 21.2 Å². The zero-order valence-electron chi connectivity index (χ0n) is 8.37. The number of nitrogens with two attached hydrogens (primary N) is 1. The lowest BCUT2D eigenvalue weighted by atomic mass is 10.00. The maximum Gasteiger partial charge on any atom is 0.128 e. The summed E-state index contributed by atoms with van der Waals surface area (Å²) in [6.45, 7) is -0.197. The van der Waals surface area contributed by atoms with Gasteiger partial charge in [0.15, 0.2) is 0 Å². The van der Waals surface area contributed by atoms with Gasteiger partial charge in [-0.3, -0.25) is 0 Å². The van der Waals surface area contributed by atoms with Crippen LogP contribution < -0.4 is 11.1 Å². The van der Waals surface area contributed by atoms with Crippen LogP contribution in [0.2, 0.25) is 0 Å². The minimum atomic E-state index is -0.529. The monoisotopic (exact) mass is 276 g/mol. The standard InChI is InChI=1S/C10H14BrFN2O/c1-14-10(9(13)5-15)7-4-6(11)2-3-8(7)12/h2-4,9-10,14-15H,5,13H2,1H3. The highest BCUT2D eigenvalue weighted by Gasteiger charge is 2.20. The fourth-order valence-corrected chi connectivity index (χ4v) is 1.84. The Labute approximate surface area is 96.6 Å². The number of nitrogens with one attached hydrogen (secondary N) is 1. The van der Waals surface area contributed by atoms with Gasteiger partial charge < -0.3 is 16.2 Å². The molecular formula is C10H14BrFN2O. The Hall–Kier alpha value is -0.490. The first kappa shape index (κ1) is 12.6. The lowest BCUT2D eigenvalue weighted by Crippen LogP contribution is -2.39. The van der Waals surface area contributed by atoms with Crippen LogP contribution in [0, 0.1) is 5.82 Å². The van der Waals surface area contributed by atoms with Gasteiger partial charge in [-0.05, 0) is 25.2 Å². The summed E-state index contributed by atoms with van der Waals surface area (Å²) in [4.78, 5) is 0. The van der Waals surface area contributed by atoms with Crippen molar-refractivity contribution in [3.8, 4) is 0 Å². The van der Waals surface area contributed by atoms with Crippen molar-refractivity contribution in [1.82, 2.24) is 5.32 Å². The first-order valence-corrected chi connectivity index (χ1v) is 5.38. The SMILES string of the molecule is CNC(c1cc(Br)ccc1F)C(N)CO. The molecule has 0 aliphatic carbocycles. The molecule has 15 heavy (non-hydrogen) atoms. The van der Waals surface area contributed by atoms with Crippen LogP contribution in [0.5, 0.6) is 0 Å². The van der Waals surface area contributed by atoms with Crippen molar-refractivity contribution in [2.75, 3.05) is 13.7 Å². The molecule has 0 aliphatic rings. The number of aliphatic hydroxyl groups excluding tert-OH is 1. The quantitative estimate of drug-likeness (QED) is 0.774. The molecular weight excluding hydrogens is 263 g/mol. The van der Waals surface area contributed by atoms with E-state index < -0.39 is 12.1 Å². The predicted octanol–water partition coefficient (Wildman–Crippen LogP) is 1.17. The van der Waals surface area contributed by atoms with Crippen LogP contribution in [0.4, 0.5) is 4.39 Å². The average molecular weight is 277 g/mol. The molecule has 0 fully saturated rings. The minimum absolute atomic E-state index is 0.197. The molecule has 0 aromatic heterocycles. The fraction of sp³-hybridized carbons (Fsp3) is 0.400. The molecule has 5 heteroatoms. The number of benzene rings is 1. The smallest absolute Gasteiger partial charge is 0.128 e. The van der Waals surface area contributed by atoms with E-state index in [0.29, 0.717) is 5.56 Å². The van der Waals surface area contributed by atoms with Crippen molar-refractivity contribution in [1.29, 1.82) is 0 Å². The second kappa shape index (κ2) is 5.55. The summed E-state index contributed by atoms with van der Waals surface area (Å²) in [7, 11) is 1.68. The van der Waals surface area contributed by atoms with Crippen molar-refractivity contribution >= 4 is 15.9 Å². The Morgan fingerprint density at radius 3 is 2.80 bits per heavy atom. The van der Waals surface area contributed by atoms with Gasteiger partial charge in [-0.2, -0.15) is 0 Å². The molecule has 0 saturated heterocycles. The van der Waals surface area contributed by atoms with E-state index in [1.165, 1.54) is 6.07 Å². The Kier molecular flexibility index (Phi) is 4.66. The Bertz CT molecular complexity index is 335. The Morgan fingerprint density at radius 2 is 2.27 bits per heavy atom. The molecule has 84 valence electrons. The number of likely N-dealkylation sites (N-methyl/N-ethyl adjacent to an activating group) is 1. The van der Waals surface area contributed by atoms with E-state index in [-0.39, 0.29) is 12.4 Å². The van der Waals surface area contributed by atoms with Crippen LogP contribution in [0.25, 0.3) is 0 Å². The molecule has 1 aromatic carbocycles. The minimum Gasteiger partial charge on any atom is -0.395 e. The van der Waals surface area contributed by atoms with Crippen LogP contribution >= 0.6 is 15.9 Å². The normalized spacial score (nSPS) is 15.0. The highest BCUT2D eigenvalue weighted by Crippen LogP contribution is 2.23. The van der Waals surface area contributed by atoms with E-state index in [0.717, 1.165) is 4.47 Å². The van der Waals surface area contributed by atoms with Gasteiger partial charge in [-0.15, -0.1) is 0 Å². The topological polar surface area (TPSA) is 58.3 Å². The zero-order valence-corrected chi connectivity index (χ0v) is 9.96. The molecule has 0 amide bonds. The third kappa shape index (κ3) is 2.98. The fourth-order valence-electron chi connectivity index (χ4n) is 1.46. The summed E-state index contributed by atoms with van der Waals surface area (Å²) in [5, 5.41) is 11.8. The second-order valence-corrected chi connectivity index (χ2v) is 4.19. The average Bonchev–Trinajstić information content (AvgIpc) is 2.23. The van der Waals surface area contributed by atoms with Crippen LogP contribution in [0.1, 0.15) is 11.6 Å². The lowest BCUT2D eigenvalue weighted by molar-refractivity contribution is 0.239. The van der Waals surface area contributed by atoms with Crippen LogP contribution in [-0.2, 0) is 0 Å². The number of rotatable bonds is 4. The third-order valence-corrected chi connectivity index (χ3v) is 2.74. The van der Waals surface area contributed by atoms with Crippen LogP contribution in [-0.4, -0.2) is 24.8 Å². The summed E-state index contributed by atoms with van der Waals surface area (Å²) < 4.78 is 14.3. The van der Waals surface area contributed by atoms with Gasteiger partial charge in [-0.25, -0.2) is 4.39 Å². The van der Waals surface area contributed by atoms with Crippen molar-refractivity contribution in [2.24, 2.45) is 5.73 Å². The maximum absolute atomic E-state index is 13.5. The molecule has 2 atom stereocenters. The van der Waals surface area contributed by atoms with Gasteiger partial charge >= 0.3 is 0 Å².